The van der Waals surface area contributed by atoms with E-state index >= 15 is 0 Å². The van der Waals surface area contributed by atoms with Crippen molar-refractivity contribution in [2.45, 2.75) is 46.5 Å². The number of rotatable bonds is 8. The number of nitrogens with one attached hydrogen (secondary N) is 2. The van der Waals surface area contributed by atoms with Gasteiger partial charge in [-0.15, -0.1) is 11.3 Å². The van der Waals surface area contributed by atoms with E-state index in [1.54, 1.807) is 42.5 Å². The second kappa shape index (κ2) is 11.9. The molecule has 0 radical (unpaired) electrons. The fourth-order valence-corrected chi connectivity index (χ4v) is 6.76. The second-order valence-electron chi connectivity index (χ2n) is 9.38. The molecule has 0 atom stereocenters. The van der Waals surface area contributed by atoms with E-state index in [2.05, 4.69) is 20.4 Å². The Bertz CT molecular complexity index is 1600. The second-order valence-corrected chi connectivity index (χ2v) is 11.3. The summed E-state index contributed by atoms with van der Waals surface area (Å²) in [5.41, 5.74) is 7.09. The largest absolute Gasteiger partial charge is 0.462 e. The summed E-state index contributed by atoms with van der Waals surface area (Å²) in [7, 11) is 0. The van der Waals surface area contributed by atoms with E-state index in [-0.39, 0.29) is 34.7 Å². The van der Waals surface area contributed by atoms with Crippen LogP contribution in [0, 0.1) is 13.8 Å². The number of hydrazone groups is 1. The molecule has 0 saturated heterocycles. The fraction of sp³-hybridized carbons (Fsp3) is 0.276. The molecule has 0 spiro atoms. The Hall–Kier alpha value is -3.53. The van der Waals surface area contributed by atoms with E-state index < -0.39 is 5.97 Å². The van der Waals surface area contributed by atoms with Gasteiger partial charge in [-0.25, -0.2) is 10.2 Å². The summed E-state index contributed by atoms with van der Waals surface area (Å²) in [6, 6.07) is 11.0. The molecule has 2 N–H and O–H groups in total. The summed E-state index contributed by atoms with van der Waals surface area (Å²) in [6.45, 7) is 5.91. The van der Waals surface area contributed by atoms with Crippen LogP contribution in [0.25, 0.3) is 5.00 Å². The third-order valence-electron chi connectivity index (χ3n) is 6.64. The third kappa shape index (κ3) is 5.54. The number of esters is 1. The summed E-state index contributed by atoms with van der Waals surface area (Å²) < 4.78 is 13.1. The average Bonchev–Trinajstić information content (AvgIpc) is 3.56. The number of aryl methyl sites for hydroxylation is 3. The number of carbonyl (C=O) groups excluding carboxylic acids is 2. The van der Waals surface area contributed by atoms with Crippen LogP contribution in [-0.2, 0) is 17.6 Å². The van der Waals surface area contributed by atoms with Gasteiger partial charge < -0.3 is 19.0 Å². The number of anilines is 2. The molecule has 3 aromatic heterocycles. The van der Waals surface area contributed by atoms with Gasteiger partial charge in [0, 0.05) is 27.0 Å². The van der Waals surface area contributed by atoms with Gasteiger partial charge in [0.15, 0.2) is 5.76 Å². The van der Waals surface area contributed by atoms with Gasteiger partial charge >= 0.3 is 5.97 Å². The zero-order valence-electron chi connectivity index (χ0n) is 22.3. The smallest absolute Gasteiger partial charge is 0.345 e. The molecule has 0 saturated carbocycles. The Morgan fingerprint density at radius 1 is 1.12 bits per heavy atom. The SMILES string of the molecule is CCOC(=O)c1c(Nc2cccc(Cl)c2)oc(/C=N\NC(=O)c2c(-n3c(C)ccc3C)sc3c2CCCC3)c1Cl. The van der Waals surface area contributed by atoms with Gasteiger partial charge in [-0.05, 0) is 82.3 Å². The van der Waals surface area contributed by atoms with Crippen molar-refractivity contribution in [1.29, 1.82) is 0 Å². The first-order valence-corrected chi connectivity index (χ1v) is 14.5. The monoisotopic (exact) mass is 598 g/mol. The number of thiophene rings is 1. The quantitative estimate of drug-likeness (QED) is 0.123. The van der Waals surface area contributed by atoms with Gasteiger partial charge in [0.1, 0.15) is 15.6 Å². The van der Waals surface area contributed by atoms with E-state index in [4.69, 9.17) is 32.4 Å². The molecule has 0 fully saturated rings. The lowest BCUT2D eigenvalue weighted by molar-refractivity contribution is 0.0527. The van der Waals surface area contributed by atoms with Crippen molar-refractivity contribution in [3.63, 3.8) is 0 Å². The van der Waals surface area contributed by atoms with Crippen LogP contribution in [0.1, 0.15) is 68.1 Å². The Labute approximate surface area is 245 Å². The summed E-state index contributed by atoms with van der Waals surface area (Å²) in [5.74, 6) is -0.814. The zero-order valence-corrected chi connectivity index (χ0v) is 24.6. The highest BCUT2D eigenvalue weighted by molar-refractivity contribution is 7.15. The molecule has 1 amide bonds. The predicted molar refractivity (Wildman–Crippen MR) is 159 cm³/mol. The standard InChI is InChI=1S/C29H28Cl2N4O4S/c1-4-38-29(37)24-25(31)21(39-27(24)33-19-9-7-8-18(30)14-19)15-32-34-26(36)23-20-10-5-6-11-22(20)40-28(23)35-16(2)12-13-17(35)3/h7-9,12-15,33H,4-6,10-11H2,1-3H3,(H,34,36)/b32-15-. The molecule has 5 rings (SSSR count). The molecule has 0 bridgehead atoms. The number of fused-ring (bicyclic) bond motifs is 1. The molecule has 11 heteroatoms. The van der Waals surface area contributed by atoms with Crippen molar-refractivity contribution < 1.29 is 18.7 Å². The molecule has 8 nitrogen and oxygen atoms in total. The fourth-order valence-electron chi connectivity index (χ4n) is 4.82. The molecular weight excluding hydrogens is 571 g/mol. The van der Waals surface area contributed by atoms with Crippen molar-refractivity contribution in [2.24, 2.45) is 5.10 Å². The van der Waals surface area contributed by atoms with Gasteiger partial charge in [0.2, 0.25) is 5.88 Å². The minimum absolute atomic E-state index is 0.00756. The van der Waals surface area contributed by atoms with Crippen LogP contribution in [0.15, 0.2) is 45.9 Å². The first kappa shape index (κ1) is 28.0. The minimum atomic E-state index is -0.656. The van der Waals surface area contributed by atoms with E-state index in [1.807, 2.05) is 26.0 Å². The normalized spacial score (nSPS) is 12.9. The molecule has 1 aliphatic rings. The highest BCUT2D eigenvalue weighted by Crippen LogP contribution is 2.38. The van der Waals surface area contributed by atoms with Crippen molar-refractivity contribution in [1.82, 2.24) is 9.99 Å². The number of hydrogen-bond acceptors (Lipinski definition) is 7. The molecule has 1 aromatic carbocycles. The van der Waals surface area contributed by atoms with Gasteiger partial charge in [-0.3, -0.25) is 4.79 Å². The number of halogens is 2. The number of carbonyl (C=O) groups is 2. The highest BCUT2D eigenvalue weighted by Gasteiger charge is 2.28. The first-order chi connectivity index (χ1) is 19.3. The number of amides is 1. The van der Waals surface area contributed by atoms with Crippen LogP contribution in [-0.4, -0.2) is 29.3 Å². The Morgan fingerprint density at radius 3 is 2.60 bits per heavy atom. The van der Waals surface area contributed by atoms with Crippen LogP contribution in [0.5, 0.6) is 0 Å². The van der Waals surface area contributed by atoms with Gasteiger partial charge in [-0.2, -0.15) is 5.10 Å². The number of ether oxygens (including phenoxy) is 1. The van der Waals surface area contributed by atoms with Crippen molar-refractivity contribution in [3.05, 3.63) is 85.2 Å². The molecular formula is C29H28Cl2N4O4S. The summed E-state index contributed by atoms with van der Waals surface area (Å²) in [5, 5.41) is 8.57. The molecule has 208 valence electrons. The van der Waals surface area contributed by atoms with E-state index in [0.717, 1.165) is 47.6 Å². The molecule has 1 aliphatic carbocycles. The average molecular weight is 600 g/mol. The number of furan rings is 1. The number of hydrogen-bond donors (Lipinski definition) is 2. The van der Waals surface area contributed by atoms with E-state index in [9.17, 15) is 9.59 Å². The summed E-state index contributed by atoms with van der Waals surface area (Å²) in [4.78, 5) is 27.5. The van der Waals surface area contributed by atoms with Gasteiger partial charge in [0.25, 0.3) is 5.91 Å². The van der Waals surface area contributed by atoms with Crippen molar-refractivity contribution in [3.8, 4) is 5.00 Å². The third-order valence-corrected chi connectivity index (χ3v) is 8.53. The topological polar surface area (TPSA) is 97.9 Å². The summed E-state index contributed by atoms with van der Waals surface area (Å²) >= 11 is 14.3. The number of nitrogens with zero attached hydrogens (tertiary/aromatic N) is 2. The lowest BCUT2D eigenvalue weighted by atomic mass is 9.95. The zero-order chi connectivity index (χ0) is 28.4. The van der Waals surface area contributed by atoms with Crippen LogP contribution in [0.4, 0.5) is 11.6 Å². The maximum atomic E-state index is 13.5. The molecule has 0 unspecified atom stereocenters. The lowest BCUT2D eigenvalue weighted by Gasteiger charge is -2.13. The van der Waals surface area contributed by atoms with Crippen molar-refractivity contribution >= 4 is 64.2 Å². The number of benzene rings is 1. The Kier molecular flexibility index (Phi) is 8.35. The van der Waals surface area contributed by atoms with Crippen LogP contribution in [0.2, 0.25) is 10.0 Å². The molecule has 4 aromatic rings. The van der Waals surface area contributed by atoms with Crippen molar-refractivity contribution in [2.75, 3.05) is 11.9 Å². The van der Waals surface area contributed by atoms with Crippen LogP contribution in [0.3, 0.4) is 0 Å². The van der Waals surface area contributed by atoms with Gasteiger partial charge in [0.05, 0.1) is 18.4 Å². The minimum Gasteiger partial charge on any atom is -0.462 e. The molecule has 3 heterocycles. The Morgan fingerprint density at radius 2 is 1.88 bits per heavy atom. The van der Waals surface area contributed by atoms with E-state index in [1.165, 1.54) is 11.1 Å². The molecule has 0 aliphatic heterocycles. The first-order valence-electron chi connectivity index (χ1n) is 12.9. The predicted octanol–water partition coefficient (Wildman–Crippen LogP) is 7.62. The lowest BCUT2D eigenvalue weighted by Crippen LogP contribution is -2.21. The summed E-state index contributed by atoms with van der Waals surface area (Å²) in [6.07, 6.45) is 5.24. The molecule has 40 heavy (non-hydrogen) atoms. The van der Waals surface area contributed by atoms with Crippen LogP contribution < -0.4 is 10.7 Å². The van der Waals surface area contributed by atoms with Crippen LogP contribution >= 0.6 is 34.5 Å². The maximum Gasteiger partial charge on any atom is 0.345 e. The highest BCUT2D eigenvalue weighted by atomic mass is 35.5. The number of aromatic nitrogens is 1. The van der Waals surface area contributed by atoms with Gasteiger partial charge in [-0.1, -0.05) is 29.3 Å². The maximum absolute atomic E-state index is 13.5. The van der Waals surface area contributed by atoms with E-state index in [0.29, 0.717) is 16.3 Å². The Balaban J connectivity index is 1.44.